The van der Waals surface area contributed by atoms with Gasteiger partial charge in [0.15, 0.2) is 0 Å². The number of likely N-dealkylation sites (tertiary alicyclic amines) is 1. The molecule has 0 saturated carbocycles. The zero-order chi connectivity index (χ0) is 15.1. The average Bonchev–Trinajstić information content (AvgIpc) is 2.46. The highest BCUT2D eigenvalue weighted by atomic mass is 16.1. The van der Waals surface area contributed by atoms with Crippen molar-refractivity contribution in [1.82, 2.24) is 15.2 Å². The smallest absolute Gasteiger partial charge is 0.269 e. The number of hydrogen-bond acceptors (Lipinski definition) is 3. The number of hydrogen-bond donors (Lipinski definition) is 1. The lowest BCUT2D eigenvalue weighted by atomic mass is 9.92. The van der Waals surface area contributed by atoms with Crippen LogP contribution in [0.2, 0.25) is 0 Å². The van der Waals surface area contributed by atoms with E-state index in [0.717, 1.165) is 37.8 Å². The summed E-state index contributed by atoms with van der Waals surface area (Å²) in [6, 6.07) is 5.39. The van der Waals surface area contributed by atoms with E-state index in [4.69, 9.17) is 0 Å². The molecule has 1 fully saturated rings. The summed E-state index contributed by atoms with van der Waals surface area (Å²) in [7, 11) is 0. The summed E-state index contributed by atoms with van der Waals surface area (Å²) in [5.74, 6) is 1.56. The lowest BCUT2D eigenvalue weighted by Gasteiger charge is -2.34. The van der Waals surface area contributed by atoms with Crippen molar-refractivity contribution in [2.75, 3.05) is 26.2 Å². The van der Waals surface area contributed by atoms with Gasteiger partial charge in [-0.2, -0.15) is 0 Å². The Morgan fingerprint density at radius 3 is 2.71 bits per heavy atom. The summed E-state index contributed by atoms with van der Waals surface area (Å²) in [4.78, 5) is 18.4. The molecule has 21 heavy (non-hydrogen) atoms. The molecule has 0 spiro atoms. The monoisotopic (exact) mass is 289 g/mol. The molecule has 4 nitrogen and oxygen atoms in total. The number of nitrogens with zero attached hydrogens (tertiary/aromatic N) is 2. The van der Waals surface area contributed by atoms with Crippen LogP contribution in [0.5, 0.6) is 0 Å². The molecule has 1 aliphatic rings. The van der Waals surface area contributed by atoms with Gasteiger partial charge in [0.2, 0.25) is 0 Å². The van der Waals surface area contributed by atoms with Gasteiger partial charge in [0.25, 0.3) is 5.91 Å². The number of unbranched alkanes of at least 4 members (excludes halogenated alkanes) is 1. The minimum absolute atomic E-state index is 0.0733. The first-order valence-electron chi connectivity index (χ1n) is 8.06. The van der Waals surface area contributed by atoms with Crippen LogP contribution in [0.15, 0.2) is 24.4 Å². The first-order valence-corrected chi connectivity index (χ1v) is 8.06. The summed E-state index contributed by atoms with van der Waals surface area (Å²) >= 11 is 0. The van der Waals surface area contributed by atoms with Crippen LogP contribution in [0.25, 0.3) is 0 Å². The molecule has 2 atom stereocenters. The Balaban J connectivity index is 1.59. The molecule has 2 heterocycles. The SMILES string of the molecule is C[C@@H]1C[C@@H](C)CN(CCCCNC(=O)c2ccccn2)C1. The highest BCUT2D eigenvalue weighted by Gasteiger charge is 2.20. The Morgan fingerprint density at radius 1 is 1.29 bits per heavy atom. The number of nitrogens with one attached hydrogen (secondary N) is 1. The molecular formula is C17H27N3O. The maximum Gasteiger partial charge on any atom is 0.269 e. The second-order valence-corrected chi connectivity index (χ2v) is 6.38. The van der Waals surface area contributed by atoms with E-state index in [1.165, 1.54) is 19.5 Å². The first kappa shape index (κ1) is 16.0. The van der Waals surface area contributed by atoms with Crippen molar-refractivity contribution in [1.29, 1.82) is 0 Å². The third-order valence-electron chi connectivity index (χ3n) is 4.03. The summed E-state index contributed by atoms with van der Waals surface area (Å²) in [6.07, 6.45) is 5.17. The van der Waals surface area contributed by atoms with E-state index in [1.54, 1.807) is 12.3 Å². The molecule has 1 saturated heterocycles. The zero-order valence-electron chi connectivity index (χ0n) is 13.2. The van der Waals surface area contributed by atoms with Crippen molar-refractivity contribution in [3.05, 3.63) is 30.1 Å². The van der Waals surface area contributed by atoms with E-state index in [-0.39, 0.29) is 5.91 Å². The Kier molecular flexibility index (Phi) is 6.18. The number of aromatic nitrogens is 1. The fraction of sp³-hybridized carbons (Fsp3) is 0.647. The molecule has 0 aromatic carbocycles. The van der Waals surface area contributed by atoms with E-state index >= 15 is 0 Å². The molecule has 116 valence electrons. The van der Waals surface area contributed by atoms with Gasteiger partial charge >= 0.3 is 0 Å². The van der Waals surface area contributed by atoms with E-state index in [0.29, 0.717) is 5.69 Å². The fourth-order valence-corrected chi connectivity index (χ4v) is 3.22. The summed E-state index contributed by atoms with van der Waals surface area (Å²) < 4.78 is 0. The Morgan fingerprint density at radius 2 is 2.05 bits per heavy atom. The van der Waals surface area contributed by atoms with Gasteiger partial charge in [-0.1, -0.05) is 19.9 Å². The molecule has 0 bridgehead atoms. The van der Waals surface area contributed by atoms with Gasteiger partial charge in [0, 0.05) is 25.8 Å². The molecule has 0 unspecified atom stereocenters. The molecule has 1 N–H and O–H groups in total. The molecule has 0 radical (unpaired) electrons. The number of rotatable bonds is 6. The van der Waals surface area contributed by atoms with Gasteiger partial charge in [-0.15, -0.1) is 0 Å². The van der Waals surface area contributed by atoms with Crippen LogP contribution in [0.3, 0.4) is 0 Å². The molecule has 4 heteroatoms. The lowest BCUT2D eigenvalue weighted by molar-refractivity contribution is 0.0946. The molecule has 1 aromatic heterocycles. The largest absolute Gasteiger partial charge is 0.351 e. The highest BCUT2D eigenvalue weighted by molar-refractivity contribution is 5.92. The molecule has 1 amide bonds. The number of piperidine rings is 1. The van der Waals surface area contributed by atoms with Gasteiger partial charge in [-0.05, 0) is 49.8 Å². The summed E-state index contributed by atoms with van der Waals surface area (Å²) in [5.41, 5.74) is 0.496. The van der Waals surface area contributed by atoms with Crippen LogP contribution in [0.1, 0.15) is 43.6 Å². The van der Waals surface area contributed by atoms with Gasteiger partial charge in [0.1, 0.15) is 5.69 Å². The quantitative estimate of drug-likeness (QED) is 0.819. The predicted molar refractivity (Wildman–Crippen MR) is 85.2 cm³/mol. The van der Waals surface area contributed by atoms with E-state index in [1.807, 2.05) is 12.1 Å². The standard InChI is InChI=1S/C17H27N3O/c1-14-11-15(2)13-20(12-14)10-6-5-9-19-17(21)16-7-3-4-8-18-16/h3-4,7-8,14-15H,5-6,9-13H2,1-2H3,(H,19,21)/t14-,15-/m1/s1. The van der Waals surface area contributed by atoms with Gasteiger partial charge < -0.3 is 10.2 Å². The molecule has 1 aliphatic heterocycles. The normalized spacial score (nSPS) is 23.0. The third kappa shape index (κ3) is 5.46. The fourth-order valence-electron chi connectivity index (χ4n) is 3.22. The third-order valence-corrected chi connectivity index (χ3v) is 4.03. The number of pyridine rings is 1. The number of carbonyl (C=O) groups is 1. The molecular weight excluding hydrogens is 262 g/mol. The average molecular weight is 289 g/mol. The summed E-state index contributed by atoms with van der Waals surface area (Å²) in [6.45, 7) is 9.02. The van der Waals surface area contributed by atoms with Crippen molar-refractivity contribution >= 4 is 5.91 Å². The van der Waals surface area contributed by atoms with Crippen LogP contribution in [0.4, 0.5) is 0 Å². The van der Waals surface area contributed by atoms with E-state index in [9.17, 15) is 4.79 Å². The molecule has 0 aliphatic carbocycles. The van der Waals surface area contributed by atoms with Crippen LogP contribution >= 0.6 is 0 Å². The summed E-state index contributed by atoms with van der Waals surface area (Å²) in [5, 5.41) is 2.93. The van der Waals surface area contributed by atoms with Crippen LogP contribution in [0, 0.1) is 11.8 Å². The lowest BCUT2D eigenvalue weighted by Crippen LogP contribution is -2.39. The minimum Gasteiger partial charge on any atom is -0.351 e. The molecule has 1 aromatic rings. The number of carbonyl (C=O) groups excluding carboxylic acids is 1. The second-order valence-electron chi connectivity index (χ2n) is 6.38. The Bertz CT molecular complexity index is 425. The Labute approximate surface area is 127 Å². The molecule has 2 rings (SSSR count). The van der Waals surface area contributed by atoms with Crippen LogP contribution < -0.4 is 5.32 Å². The van der Waals surface area contributed by atoms with Crippen molar-refractivity contribution < 1.29 is 4.79 Å². The van der Waals surface area contributed by atoms with Crippen molar-refractivity contribution in [3.63, 3.8) is 0 Å². The van der Waals surface area contributed by atoms with E-state index in [2.05, 4.69) is 29.0 Å². The maximum atomic E-state index is 11.8. The van der Waals surface area contributed by atoms with Gasteiger partial charge in [-0.3, -0.25) is 9.78 Å². The first-order chi connectivity index (χ1) is 10.1. The minimum atomic E-state index is -0.0733. The predicted octanol–water partition coefficient (Wildman–Crippen LogP) is 2.57. The number of amides is 1. The van der Waals surface area contributed by atoms with Crippen molar-refractivity contribution in [3.8, 4) is 0 Å². The van der Waals surface area contributed by atoms with Crippen LogP contribution in [-0.2, 0) is 0 Å². The van der Waals surface area contributed by atoms with Crippen LogP contribution in [-0.4, -0.2) is 42.0 Å². The van der Waals surface area contributed by atoms with Gasteiger partial charge in [0.05, 0.1) is 0 Å². The highest BCUT2D eigenvalue weighted by Crippen LogP contribution is 2.20. The maximum absolute atomic E-state index is 11.8. The Hall–Kier alpha value is -1.42. The second kappa shape index (κ2) is 8.13. The van der Waals surface area contributed by atoms with Crippen molar-refractivity contribution in [2.45, 2.75) is 33.1 Å². The zero-order valence-corrected chi connectivity index (χ0v) is 13.2. The van der Waals surface area contributed by atoms with Gasteiger partial charge in [-0.25, -0.2) is 0 Å². The van der Waals surface area contributed by atoms with E-state index < -0.39 is 0 Å². The van der Waals surface area contributed by atoms with Crippen molar-refractivity contribution in [2.24, 2.45) is 11.8 Å². The topological polar surface area (TPSA) is 45.2 Å².